The van der Waals surface area contributed by atoms with Gasteiger partial charge in [-0.2, -0.15) is 0 Å². The van der Waals surface area contributed by atoms with Crippen molar-refractivity contribution in [2.24, 2.45) is 27.4 Å². The number of anilines is 1. The van der Waals surface area contributed by atoms with Crippen LogP contribution in [0.3, 0.4) is 0 Å². The average Bonchev–Trinajstić information content (AvgIpc) is 3.07. The van der Waals surface area contributed by atoms with E-state index in [1.54, 1.807) is 12.3 Å². The number of aliphatic imine (C=N–C) groups is 2. The van der Waals surface area contributed by atoms with Gasteiger partial charge in [-0.05, 0) is 42.0 Å². The zero-order valence-corrected chi connectivity index (χ0v) is 29.0. The van der Waals surface area contributed by atoms with Crippen LogP contribution in [0.1, 0.15) is 44.2 Å². The largest absolute Gasteiger partial charge is 0.494 e. The van der Waals surface area contributed by atoms with Gasteiger partial charge in [0, 0.05) is 49.1 Å². The van der Waals surface area contributed by atoms with Gasteiger partial charge in [0.05, 0.1) is 30.7 Å². The minimum Gasteiger partial charge on any atom is -0.494 e. The van der Waals surface area contributed by atoms with Crippen molar-refractivity contribution < 1.29 is 19.1 Å². The van der Waals surface area contributed by atoms with Crippen LogP contribution >= 0.6 is 0 Å². The Morgan fingerprint density at radius 2 is 2.02 bits per heavy atom. The van der Waals surface area contributed by atoms with Gasteiger partial charge in [0.15, 0.2) is 5.84 Å². The number of hydrogen-bond acceptors (Lipinski definition) is 10. The molecule has 0 spiro atoms. The standard InChI is InChI=1S/C33H47B2N9O4/c1-7-8-11-33(34,35)44(17-23-12-20(3)21(4)14-39-23)32(47)30-40-15-22(16-41-30)27-19(2)9-10-24(29(27)48-6)43-25(13-26(36)42-18-45)28(37)31(46)38-5/h9-10,12-15,18,21,43H,3,7-8,11,16-17,34-37H2,1-2,4-6H3,(H,38,46)(H,40,41)(H,42,45)/b26-13+,28-25+. The summed E-state index contributed by atoms with van der Waals surface area (Å²) in [7, 11) is 7.11. The first kappa shape index (κ1) is 37.3. The highest BCUT2D eigenvalue weighted by atomic mass is 16.5. The second-order valence-electron chi connectivity index (χ2n) is 12.3. The van der Waals surface area contributed by atoms with Crippen LogP contribution in [-0.4, -0.2) is 83.5 Å². The predicted octanol–water partition coefficient (Wildman–Crippen LogP) is 0.320. The lowest BCUT2D eigenvalue weighted by atomic mass is 9.58. The number of aryl methyl sites for hydroxylation is 1. The first-order chi connectivity index (χ1) is 22.8. The lowest BCUT2D eigenvalue weighted by Crippen LogP contribution is -2.58. The zero-order chi connectivity index (χ0) is 35.6. The number of carbonyl (C=O) groups is 3. The first-order valence-corrected chi connectivity index (χ1v) is 15.9. The summed E-state index contributed by atoms with van der Waals surface area (Å²) >= 11 is 0. The Labute approximate surface area is 284 Å². The Morgan fingerprint density at radius 3 is 2.60 bits per heavy atom. The number of nitrogens with two attached hydrogens (primary N) is 2. The normalized spacial score (nSPS) is 16.8. The number of ether oxygens (including phenoxy) is 1. The highest BCUT2D eigenvalue weighted by Crippen LogP contribution is 2.37. The number of unbranched alkanes of at least 4 members (excludes halogenated alkanes) is 1. The van der Waals surface area contributed by atoms with Crippen molar-refractivity contribution in [3.8, 4) is 5.75 Å². The van der Waals surface area contributed by atoms with E-state index in [1.807, 2.05) is 37.1 Å². The molecule has 2 heterocycles. The molecule has 0 fully saturated rings. The molecule has 0 saturated carbocycles. The van der Waals surface area contributed by atoms with E-state index in [0.717, 1.165) is 47.2 Å². The molecule has 2 aliphatic heterocycles. The van der Waals surface area contributed by atoms with E-state index >= 15 is 0 Å². The van der Waals surface area contributed by atoms with E-state index in [-0.39, 0.29) is 34.9 Å². The number of methoxy groups -OCH3 is 1. The molecule has 15 heteroatoms. The fourth-order valence-corrected chi connectivity index (χ4v) is 5.30. The lowest BCUT2D eigenvalue weighted by molar-refractivity contribution is -0.125. The molecule has 8 N–H and O–H groups in total. The van der Waals surface area contributed by atoms with Crippen LogP contribution in [0.15, 0.2) is 75.5 Å². The topological polar surface area (TPSA) is 189 Å². The number of benzene rings is 1. The Morgan fingerprint density at radius 1 is 1.29 bits per heavy atom. The number of amidine groups is 1. The molecule has 48 heavy (non-hydrogen) atoms. The number of amides is 3. The van der Waals surface area contributed by atoms with Gasteiger partial charge < -0.3 is 42.4 Å². The van der Waals surface area contributed by atoms with Crippen LogP contribution < -0.4 is 37.5 Å². The van der Waals surface area contributed by atoms with Crippen LogP contribution in [0, 0.1) is 12.8 Å². The van der Waals surface area contributed by atoms with E-state index in [1.165, 1.54) is 20.2 Å². The molecule has 1 unspecified atom stereocenters. The zero-order valence-electron chi connectivity index (χ0n) is 29.0. The molecule has 2 aliphatic rings. The third-order valence-electron chi connectivity index (χ3n) is 8.29. The van der Waals surface area contributed by atoms with Gasteiger partial charge in [0.25, 0.3) is 11.8 Å². The minimum absolute atomic E-state index is 0.0330. The van der Waals surface area contributed by atoms with Gasteiger partial charge in [-0.15, -0.1) is 0 Å². The maximum absolute atomic E-state index is 14.1. The molecule has 1 aromatic carbocycles. The quantitative estimate of drug-likeness (QED) is 0.0675. The number of hydrogen-bond donors (Lipinski definition) is 6. The molecule has 0 aliphatic carbocycles. The monoisotopic (exact) mass is 655 g/mol. The van der Waals surface area contributed by atoms with Gasteiger partial charge >= 0.3 is 0 Å². The summed E-state index contributed by atoms with van der Waals surface area (Å²) in [4.78, 5) is 48.4. The van der Waals surface area contributed by atoms with Crippen molar-refractivity contribution in [1.82, 2.24) is 20.9 Å². The summed E-state index contributed by atoms with van der Waals surface area (Å²) in [6.07, 6.45) is 10.0. The number of likely N-dealkylation sites (N-methyl/N-ethyl adjacent to an activating group) is 1. The van der Waals surface area contributed by atoms with Crippen molar-refractivity contribution in [1.29, 1.82) is 0 Å². The van der Waals surface area contributed by atoms with Crippen LogP contribution in [0.5, 0.6) is 5.75 Å². The highest BCUT2D eigenvalue weighted by Gasteiger charge is 2.34. The molecule has 3 amide bonds. The maximum atomic E-state index is 14.1. The molecule has 3 rings (SSSR count). The molecule has 0 saturated heterocycles. The lowest BCUT2D eigenvalue weighted by Gasteiger charge is -2.40. The molecule has 1 aromatic rings. The fourth-order valence-electron chi connectivity index (χ4n) is 5.30. The number of nitrogens with one attached hydrogen (secondary N) is 4. The molecule has 0 radical (unpaired) electrons. The molecule has 13 nitrogen and oxygen atoms in total. The average molecular weight is 655 g/mol. The van der Waals surface area contributed by atoms with Gasteiger partial charge in [-0.1, -0.05) is 39.3 Å². The number of rotatable bonds is 15. The summed E-state index contributed by atoms with van der Waals surface area (Å²) in [5.41, 5.74) is 16.6. The van der Waals surface area contributed by atoms with Crippen LogP contribution in [0.2, 0.25) is 0 Å². The summed E-state index contributed by atoms with van der Waals surface area (Å²) in [6, 6.07) is 3.65. The molecular weight excluding hydrogens is 608 g/mol. The summed E-state index contributed by atoms with van der Waals surface area (Å²) < 4.78 is 5.86. The van der Waals surface area contributed by atoms with Crippen LogP contribution in [0.4, 0.5) is 5.69 Å². The fraction of sp³-hybridized carbons (Fsp3) is 0.364. The van der Waals surface area contributed by atoms with Gasteiger partial charge in [0.2, 0.25) is 6.41 Å². The maximum Gasteiger partial charge on any atom is 0.288 e. The van der Waals surface area contributed by atoms with E-state index < -0.39 is 11.2 Å². The second kappa shape index (κ2) is 16.6. The Hall–Kier alpha value is -5.20. The molecule has 0 bridgehead atoms. The smallest absolute Gasteiger partial charge is 0.288 e. The SMILES string of the molecule is BC(B)(CCCC)N(CC1=CC(=C)C(C)C=N1)C(=O)C1=NC=C(c2c(C)ccc(NC(/C=C(\N)NC=O)=C(/N)C(=O)NC)c2OC)CN1. The number of allylic oxidation sites excluding steroid dienone is 3. The van der Waals surface area contributed by atoms with Crippen LogP contribution in [0.25, 0.3) is 5.57 Å². The van der Waals surface area contributed by atoms with Crippen molar-refractivity contribution in [3.63, 3.8) is 0 Å². The summed E-state index contributed by atoms with van der Waals surface area (Å²) in [6.45, 7) is 10.9. The van der Waals surface area contributed by atoms with Gasteiger partial charge in [0.1, 0.15) is 33.0 Å². The number of carbonyl (C=O) groups excluding carboxylic acids is 3. The second-order valence-corrected chi connectivity index (χ2v) is 12.3. The molecule has 0 aromatic heterocycles. The predicted molar refractivity (Wildman–Crippen MR) is 197 cm³/mol. The highest BCUT2D eigenvalue weighted by molar-refractivity contribution is 6.45. The first-order valence-electron chi connectivity index (χ1n) is 15.9. The Kier molecular flexibility index (Phi) is 12.9. The van der Waals surface area contributed by atoms with Gasteiger partial charge in [-0.25, -0.2) is 4.99 Å². The summed E-state index contributed by atoms with van der Waals surface area (Å²) in [5, 5.41) is 10.7. The van der Waals surface area contributed by atoms with Gasteiger partial charge in [-0.3, -0.25) is 19.4 Å². The molecule has 254 valence electrons. The van der Waals surface area contributed by atoms with Crippen molar-refractivity contribution >= 4 is 57.2 Å². The van der Waals surface area contributed by atoms with Crippen LogP contribution in [-0.2, 0) is 14.4 Å². The Balaban J connectivity index is 2.02. The minimum atomic E-state index is -0.553. The number of nitrogens with zero attached hydrogens (tertiary/aromatic N) is 3. The van der Waals surface area contributed by atoms with E-state index in [4.69, 9.17) is 16.2 Å². The third kappa shape index (κ3) is 8.99. The third-order valence-corrected chi connectivity index (χ3v) is 8.29. The van der Waals surface area contributed by atoms with E-state index in [0.29, 0.717) is 30.9 Å². The summed E-state index contributed by atoms with van der Waals surface area (Å²) in [5.74, 6) is 0.0201. The molecule has 1 atom stereocenters. The van der Waals surface area contributed by atoms with Crippen molar-refractivity contribution in [2.75, 3.05) is 32.6 Å². The van der Waals surface area contributed by atoms with Crippen molar-refractivity contribution in [3.05, 3.63) is 76.7 Å². The van der Waals surface area contributed by atoms with E-state index in [2.05, 4.69) is 60.4 Å². The molecular formula is C33H47B2N9O4. The van der Waals surface area contributed by atoms with E-state index in [9.17, 15) is 14.4 Å². The van der Waals surface area contributed by atoms with Crippen molar-refractivity contribution in [2.45, 2.75) is 45.4 Å². The Bertz CT molecular complexity index is 1630.